The van der Waals surface area contributed by atoms with Crippen molar-refractivity contribution in [3.05, 3.63) is 36.2 Å². The fourth-order valence-corrected chi connectivity index (χ4v) is 2.56. The molecule has 0 bridgehead atoms. The standard InChI is InChI=1S/C16H19N3O2/c1-2-5-15-14(4-1)19(8-3-9-20-15)16-18-13(11-21-16)10-17-12-6-7-12/h1-2,4-5,11-12,17H,3,6-10H2. The van der Waals surface area contributed by atoms with Crippen molar-refractivity contribution < 1.29 is 9.15 Å². The molecule has 110 valence electrons. The molecular formula is C16H19N3O2. The summed E-state index contributed by atoms with van der Waals surface area (Å²) in [6.45, 7) is 2.36. The number of fused-ring (bicyclic) bond motifs is 1. The fourth-order valence-electron chi connectivity index (χ4n) is 2.56. The molecule has 1 aromatic carbocycles. The zero-order valence-corrected chi connectivity index (χ0v) is 11.9. The van der Waals surface area contributed by atoms with Crippen LogP contribution in [0.2, 0.25) is 0 Å². The van der Waals surface area contributed by atoms with Gasteiger partial charge in [-0.05, 0) is 31.4 Å². The van der Waals surface area contributed by atoms with E-state index in [0.717, 1.165) is 43.2 Å². The quantitative estimate of drug-likeness (QED) is 0.936. The van der Waals surface area contributed by atoms with Crippen LogP contribution in [0.5, 0.6) is 5.75 Å². The summed E-state index contributed by atoms with van der Waals surface area (Å²) in [5, 5.41) is 3.45. The lowest BCUT2D eigenvalue weighted by Gasteiger charge is -2.19. The maximum atomic E-state index is 5.77. The van der Waals surface area contributed by atoms with Crippen LogP contribution < -0.4 is 15.0 Å². The number of oxazole rings is 1. The number of anilines is 2. The molecule has 0 amide bonds. The van der Waals surface area contributed by atoms with Gasteiger partial charge in [-0.1, -0.05) is 12.1 Å². The Kier molecular flexibility index (Phi) is 3.27. The number of hydrogen-bond donors (Lipinski definition) is 1. The van der Waals surface area contributed by atoms with Gasteiger partial charge >= 0.3 is 6.01 Å². The molecule has 0 unspecified atom stereocenters. The minimum atomic E-state index is 0.653. The summed E-state index contributed by atoms with van der Waals surface area (Å²) in [6.07, 6.45) is 5.26. The monoisotopic (exact) mass is 285 g/mol. The van der Waals surface area contributed by atoms with Crippen LogP contribution in [0, 0.1) is 0 Å². The SMILES string of the molecule is c1ccc2c(c1)OCCCN2c1nc(CNC2CC2)co1. The molecule has 0 radical (unpaired) electrons. The Morgan fingerprint density at radius 1 is 1.29 bits per heavy atom. The van der Waals surface area contributed by atoms with E-state index < -0.39 is 0 Å². The third-order valence-electron chi connectivity index (χ3n) is 3.86. The lowest BCUT2D eigenvalue weighted by molar-refractivity contribution is 0.322. The van der Waals surface area contributed by atoms with Gasteiger partial charge in [0, 0.05) is 19.1 Å². The van der Waals surface area contributed by atoms with Gasteiger partial charge in [-0.25, -0.2) is 0 Å². The molecule has 5 nitrogen and oxygen atoms in total. The highest BCUT2D eigenvalue weighted by Gasteiger charge is 2.23. The number of nitrogens with one attached hydrogen (secondary N) is 1. The van der Waals surface area contributed by atoms with E-state index in [9.17, 15) is 0 Å². The summed E-state index contributed by atoms with van der Waals surface area (Å²) in [7, 11) is 0. The smallest absolute Gasteiger partial charge is 0.302 e. The van der Waals surface area contributed by atoms with Crippen LogP contribution in [0.25, 0.3) is 0 Å². The first-order valence-electron chi connectivity index (χ1n) is 7.57. The molecule has 0 atom stereocenters. The summed E-state index contributed by atoms with van der Waals surface area (Å²) in [5.41, 5.74) is 1.98. The van der Waals surface area contributed by atoms with Crippen LogP contribution in [0.3, 0.4) is 0 Å². The zero-order chi connectivity index (χ0) is 14.1. The van der Waals surface area contributed by atoms with Crippen LogP contribution >= 0.6 is 0 Å². The molecule has 2 aliphatic rings. The van der Waals surface area contributed by atoms with Gasteiger partial charge < -0.3 is 14.5 Å². The molecule has 4 rings (SSSR count). The summed E-state index contributed by atoms with van der Waals surface area (Å²) in [5.74, 6) is 0.894. The third-order valence-corrected chi connectivity index (χ3v) is 3.86. The molecular weight excluding hydrogens is 266 g/mol. The molecule has 1 aromatic heterocycles. The van der Waals surface area contributed by atoms with E-state index in [4.69, 9.17) is 9.15 Å². The van der Waals surface area contributed by atoms with Crippen molar-refractivity contribution in [2.24, 2.45) is 0 Å². The highest BCUT2D eigenvalue weighted by atomic mass is 16.5. The predicted octanol–water partition coefficient (Wildman–Crippen LogP) is 2.85. The largest absolute Gasteiger partial charge is 0.491 e. The predicted molar refractivity (Wildman–Crippen MR) is 79.9 cm³/mol. The van der Waals surface area contributed by atoms with E-state index in [1.54, 1.807) is 6.26 Å². The number of ether oxygens (including phenoxy) is 1. The molecule has 0 spiro atoms. The molecule has 21 heavy (non-hydrogen) atoms. The van der Waals surface area contributed by atoms with Crippen LogP contribution in [0.1, 0.15) is 25.0 Å². The molecule has 2 heterocycles. The third kappa shape index (κ3) is 2.74. The fraction of sp³-hybridized carbons (Fsp3) is 0.438. The number of rotatable bonds is 4. The van der Waals surface area contributed by atoms with Crippen molar-refractivity contribution in [1.29, 1.82) is 0 Å². The molecule has 5 heteroatoms. The van der Waals surface area contributed by atoms with Gasteiger partial charge in [-0.3, -0.25) is 4.90 Å². The Morgan fingerprint density at radius 3 is 3.10 bits per heavy atom. The molecule has 1 aliphatic heterocycles. The Balaban J connectivity index is 1.57. The van der Waals surface area contributed by atoms with Gasteiger partial charge in [0.05, 0.1) is 18.0 Å². The van der Waals surface area contributed by atoms with Crippen molar-refractivity contribution in [3.8, 4) is 5.75 Å². The van der Waals surface area contributed by atoms with Gasteiger partial charge in [0.1, 0.15) is 12.0 Å². The van der Waals surface area contributed by atoms with Crippen LogP contribution in [-0.4, -0.2) is 24.2 Å². The van der Waals surface area contributed by atoms with Gasteiger partial charge in [0.25, 0.3) is 0 Å². The zero-order valence-electron chi connectivity index (χ0n) is 11.9. The molecule has 1 fully saturated rings. The number of hydrogen-bond acceptors (Lipinski definition) is 5. The average molecular weight is 285 g/mol. The molecule has 0 saturated heterocycles. The summed E-state index contributed by atoms with van der Waals surface area (Å²) < 4.78 is 11.5. The van der Waals surface area contributed by atoms with Crippen LogP contribution in [-0.2, 0) is 6.54 Å². The topological polar surface area (TPSA) is 50.5 Å². The minimum absolute atomic E-state index is 0.653. The van der Waals surface area contributed by atoms with E-state index in [-0.39, 0.29) is 0 Å². The Labute approximate surface area is 123 Å². The van der Waals surface area contributed by atoms with Crippen molar-refractivity contribution in [2.75, 3.05) is 18.1 Å². The molecule has 1 aliphatic carbocycles. The second kappa shape index (κ2) is 5.41. The van der Waals surface area contributed by atoms with Crippen LogP contribution in [0.4, 0.5) is 11.7 Å². The van der Waals surface area contributed by atoms with E-state index >= 15 is 0 Å². The van der Waals surface area contributed by atoms with Crippen molar-refractivity contribution in [3.63, 3.8) is 0 Å². The van der Waals surface area contributed by atoms with Gasteiger partial charge in [0.2, 0.25) is 0 Å². The molecule has 2 aromatic rings. The second-order valence-corrected chi connectivity index (χ2v) is 5.60. The first-order chi connectivity index (χ1) is 10.4. The number of nitrogens with zero attached hydrogens (tertiary/aromatic N) is 2. The van der Waals surface area contributed by atoms with E-state index in [1.165, 1.54) is 12.8 Å². The van der Waals surface area contributed by atoms with E-state index in [0.29, 0.717) is 12.1 Å². The lowest BCUT2D eigenvalue weighted by atomic mass is 10.2. The lowest BCUT2D eigenvalue weighted by Crippen LogP contribution is -2.19. The summed E-state index contributed by atoms with van der Waals surface area (Å²) in [6, 6.07) is 9.37. The first kappa shape index (κ1) is 12.7. The van der Waals surface area contributed by atoms with Gasteiger partial charge in [0.15, 0.2) is 0 Å². The number of aromatic nitrogens is 1. The highest BCUT2D eigenvalue weighted by Crippen LogP contribution is 2.35. The first-order valence-corrected chi connectivity index (χ1v) is 7.57. The van der Waals surface area contributed by atoms with Crippen molar-refractivity contribution >= 4 is 11.7 Å². The highest BCUT2D eigenvalue weighted by molar-refractivity contribution is 5.65. The molecule has 1 saturated carbocycles. The second-order valence-electron chi connectivity index (χ2n) is 5.60. The maximum Gasteiger partial charge on any atom is 0.302 e. The Bertz CT molecular complexity index is 621. The van der Waals surface area contributed by atoms with Gasteiger partial charge in [-0.2, -0.15) is 4.98 Å². The summed E-state index contributed by atoms with van der Waals surface area (Å²) >= 11 is 0. The average Bonchev–Trinajstić information content (AvgIpc) is 3.27. The maximum absolute atomic E-state index is 5.77. The Morgan fingerprint density at radius 2 is 2.19 bits per heavy atom. The minimum Gasteiger partial charge on any atom is -0.491 e. The van der Waals surface area contributed by atoms with E-state index in [2.05, 4.69) is 15.2 Å². The normalized spacial score (nSPS) is 18.0. The van der Waals surface area contributed by atoms with Crippen molar-refractivity contribution in [2.45, 2.75) is 31.8 Å². The van der Waals surface area contributed by atoms with Gasteiger partial charge in [-0.15, -0.1) is 0 Å². The number of benzene rings is 1. The van der Waals surface area contributed by atoms with E-state index in [1.807, 2.05) is 24.3 Å². The van der Waals surface area contributed by atoms with Crippen molar-refractivity contribution in [1.82, 2.24) is 10.3 Å². The molecule has 1 N–H and O–H groups in total. The Hall–Kier alpha value is -2.01. The summed E-state index contributed by atoms with van der Waals surface area (Å²) in [4.78, 5) is 6.72. The van der Waals surface area contributed by atoms with Crippen LogP contribution in [0.15, 0.2) is 34.9 Å². The number of para-hydroxylation sites is 2.